The van der Waals surface area contributed by atoms with Gasteiger partial charge in [0.05, 0.1) is 28.9 Å². The average Bonchev–Trinajstić information content (AvgIpc) is 2.71. The van der Waals surface area contributed by atoms with Gasteiger partial charge in [0.25, 0.3) is 0 Å². The van der Waals surface area contributed by atoms with E-state index in [1.807, 2.05) is 0 Å². The Bertz CT molecular complexity index is 911. The highest BCUT2D eigenvalue weighted by Crippen LogP contribution is 2.26. The summed E-state index contributed by atoms with van der Waals surface area (Å²) in [6.07, 6.45) is 8.91. The Hall–Kier alpha value is -2.74. The molecule has 1 atom stereocenters. The van der Waals surface area contributed by atoms with Crippen LogP contribution in [0.1, 0.15) is 11.1 Å². The van der Waals surface area contributed by atoms with Crippen molar-refractivity contribution in [1.82, 2.24) is 4.98 Å². The zero-order chi connectivity index (χ0) is 21.2. The number of rotatable bonds is 10. The number of nitrogens with zero attached hydrogens (tertiary/aromatic N) is 2. The zero-order valence-electron chi connectivity index (χ0n) is 15.5. The molecule has 9 heteroatoms. The van der Waals surface area contributed by atoms with E-state index in [-0.39, 0.29) is 31.4 Å². The number of aliphatic imine (C=N–C) groups is 1. The van der Waals surface area contributed by atoms with Crippen LogP contribution in [0.4, 0.5) is 5.69 Å². The van der Waals surface area contributed by atoms with Gasteiger partial charge in [0.2, 0.25) is 0 Å². The van der Waals surface area contributed by atoms with Gasteiger partial charge < -0.3 is 26.4 Å². The number of aliphatic hydroxyl groups excluding tert-OH is 1. The third kappa shape index (κ3) is 6.67. The monoisotopic (exact) mass is 433 g/mol. The van der Waals surface area contributed by atoms with Crippen molar-refractivity contribution in [3.63, 3.8) is 0 Å². The normalized spacial score (nSPS) is 12.4. The van der Waals surface area contributed by atoms with Gasteiger partial charge in [-0.25, -0.2) is 0 Å². The van der Waals surface area contributed by atoms with Gasteiger partial charge in [-0.15, -0.1) is 0 Å². The standard InChI is InChI=1S/C20H21Cl2N5O2/c21-17-10-27-11-18(22)16(17)12-29-14-2-4-20(25)15(7-14)19(24)3-1-13(8-23)9-26-5-6-28/h1-4,7-11,13,23-24,28H,5-6,12,25H2/b3-1+,23-8?,24-19?,26-9?. The lowest BCUT2D eigenvalue weighted by molar-refractivity contribution is 0.306. The fourth-order valence-electron chi connectivity index (χ4n) is 2.29. The number of benzene rings is 1. The van der Waals surface area contributed by atoms with Crippen LogP contribution < -0.4 is 10.5 Å². The van der Waals surface area contributed by atoms with Crippen LogP contribution >= 0.6 is 23.2 Å². The smallest absolute Gasteiger partial charge is 0.120 e. The van der Waals surface area contributed by atoms with Gasteiger partial charge in [0.15, 0.2) is 0 Å². The van der Waals surface area contributed by atoms with Gasteiger partial charge in [-0.1, -0.05) is 29.3 Å². The lowest BCUT2D eigenvalue weighted by Gasteiger charge is -2.11. The first-order valence-electron chi connectivity index (χ1n) is 8.65. The number of nitrogens with one attached hydrogen (secondary N) is 2. The summed E-state index contributed by atoms with van der Waals surface area (Å²) in [5, 5.41) is 25.3. The molecule has 1 aromatic carbocycles. The molecule has 0 amide bonds. The number of aromatic nitrogens is 1. The maximum absolute atomic E-state index is 8.76. The first-order chi connectivity index (χ1) is 14.0. The molecule has 2 aromatic rings. The van der Waals surface area contributed by atoms with Crippen molar-refractivity contribution in [2.75, 3.05) is 18.9 Å². The molecule has 0 saturated carbocycles. The summed E-state index contributed by atoms with van der Waals surface area (Å²) in [6, 6.07) is 5.00. The predicted octanol–water partition coefficient (Wildman–Crippen LogP) is 3.80. The van der Waals surface area contributed by atoms with Crippen LogP contribution in [0.5, 0.6) is 5.75 Å². The lowest BCUT2D eigenvalue weighted by atomic mass is 10.0. The molecule has 7 nitrogen and oxygen atoms in total. The van der Waals surface area contributed by atoms with Gasteiger partial charge in [0, 0.05) is 47.6 Å². The van der Waals surface area contributed by atoms with Crippen molar-refractivity contribution in [3.05, 3.63) is 63.9 Å². The van der Waals surface area contributed by atoms with Crippen LogP contribution in [0, 0.1) is 16.7 Å². The molecule has 0 aliphatic rings. The van der Waals surface area contributed by atoms with E-state index in [0.29, 0.717) is 32.6 Å². The molecule has 0 aliphatic carbocycles. The molecule has 1 heterocycles. The second kappa shape index (κ2) is 11.3. The van der Waals surface area contributed by atoms with E-state index in [2.05, 4.69) is 9.98 Å². The topological polar surface area (TPSA) is 128 Å². The number of hydrogen-bond acceptors (Lipinski definition) is 7. The van der Waals surface area contributed by atoms with Crippen LogP contribution in [0.25, 0.3) is 0 Å². The van der Waals surface area contributed by atoms with E-state index < -0.39 is 0 Å². The van der Waals surface area contributed by atoms with Gasteiger partial charge in [-0.05, 0) is 24.3 Å². The van der Waals surface area contributed by atoms with Crippen LogP contribution in [0.15, 0.2) is 47.7 Å². The molecule has 0 aliphatic heterocycles. The van der Waals surface area contributed by atoms with Crippen molar-refractivity contribution in [1.29, 1.82) is 10.8 Å². The third-order valence-electron chi connectivity index (χ3n) is 3.83. The molecular formula is C20H21Cl2N5O2. The van der Waals surface area contributed by atoms with Gasteiger partial charge in [0.1, 0.15) is 12.4 Å². The molecule has 1 unspecified atom stereocenters. The van der Waals surface area contributed by atoms with E-state index in [1.165, 1.54) is 24.8 Å². The Kier molecular flexibility index (Phi) is 8.79. The van der Waals surface area contributed by atoms with Gasteiger partial charge in [-0.3, -0.25) is 9.98 Å². The summed E-state index contributed by atoms with van der Waals surface area (Å²) in [5.74, 6) is 0.128. The second-order valence-electron chi connectivity index (χ2n) is 5.92. The maximum Gasteiger partial charge on any atom is 0.120 e. The van der Waals surface area contributed by atoms with Crippen molar-refractivity contribution in [3.8, 4) is 5.75 Å². The van der Waals surface area contributed by atoms with E-state index >= 15 is 0 Å². The first-order valence-corrected chi connectivity index (χ1v) is 9.40. The van der Waals surface area contributed by atoms with Crippen LogP contribution in [-0.4, -0.2) is 41.4 Å². The number of allylic oxidation sites excluding steroid dienone is 2. The minimum absolute atomic E-state index is 0.0556. The highest BCUT2D eigenvalue weighted by Gasteiger charge is 2.10. The molecule has 0 saturated heterocycles. The average molecular weight is 434 g/mol. The summed E-state index contributed by atoms with van der Waals surface area (Å²) in [6.45, 7) is 0.359. The molecule has 0 fully saturated rings. The number of pyridine rings is 1. The van der Waals surface area contributed by atoms with E-state index in [0.717, 1.165) is 0 Å². The van der Waals surface area contributed by atoms with Crippen LogP contribution in [-0.2, 0) is 6.61 Å². The fourth-order valence-corrected chi connectivity index (χ4v) is 2.76. The summed E-state index contributed by atoms with van der Waals surface area (Å²) in [4.78, 5) is 7.90. The molecule has 152 valence electrons. The molecule has 29 heavy (non-hydrogen) atoms. The van der Waals surface area contributed by atoms with Crippen LogP contribution in [0.3, 0.4) is 0 Å². The van der Waals surface area contributed by atoms with Crippen molar-refractivity contribution >= 4 is 47.0 Å². The summed E-state index contributed by atoms with van der Waals surface area (Å²) < 4.78 is 5.76. The van der Waals surface area contributed by atoms with Crippen molar-refractivity contribution in [2.24, 2.45) is 10.9 Å². The highest BCUT2D eigenvalue weighted by atomic mass is 35.5. The number of nitrogen functional groups attached to an aromatic ring is 1. The third-order valence-corrected chi connectivity index (χ3v) is 4.49. The summed E-state index contributed by atoms with van der Waals surface area (Å²) in [5.41, 5.74) is 7.69. The quantitative estimate of drug-likeness (QED) is 0.335. The van der Waals surface area contributed by atoms with E-state index in [9.17, 15) is 0 Å². The lowest BCUT2D eigenvalue weighted by Crippen LogP contribution is -2.05. The molecule has 2 rings (SSSR count). The molecule has 5 N–H and O–H groups in total. The molecule has 0 radical (unpaired) electrons. The Morgan fingerprint density at radius 3 is 2.69 bits per heavy atom. The zero-order valence-corrected chi connectivity index (χ0v) is 17.0. The van der Waals surface area contributed by atoms with E-state index in [1.54, 1.807) is 30.4 Å². The summed E-state index contributed by atoms with van der Waals surface area (Å²) >= 11 is 12.2. The van der Waals surface area contributed by atoms with Gasteiger partial charge >= 0.3 is 0 Å². The SMILES string of the molecule is N=CC(C=NCCO)/C=C/C(=N)c1cc(OCc2c(Cl)cncc2Cl)ccc1N. The fraction of sp³-hybridized carbons (Fsp3) is 0.200. The second-order valence-corrected chi connectivity index (χ2v) is 6.73. The maximum atomic E-state index is 8.76. The minimum Gasteiger partial charge on any atom is -0.489 e. The molecule has 0 spiro atoms. The number of anilines is 1. The number of hydrogen-bond donors (Lipinski definition) is 4. The first kappa shape index (κ1) is 22.5. The van der Waals surface area contributed by atoms with Crippen LogP contribution in [0.2, 0.25) is 10.0 Å². The summed E-state index contributed by atoms with van der Waals surface area (Å²) in [7, 11) is 0. The number of halogens is 2. The van der Waals surface area contributed by atoms with E-state index in [4.69, 9.17) is 49.6 Å². The minimum atomic E-state index is -0.376. The molecule has 1 aromatic heterocycles. The van der Waals surface area contributed by atoms with Crippen molar-refractivity contribution < 1.29 is 9.84 Å². The largest absolute Gasteiger partial charge is 0.489 e. The highest BCUT2D eigenvalue weighted by molar-refractivity contribution is 6.35. The Morgan fingerprint density at radius 1 is 1.31 bits per heavy atom. The number of aliphatic hydroxyl groups is 1. The Balaban J connectivity index is 2.12. The van der Waals surface area contributed by atoms with Gasteiger partial charge in [-0.2, -0.15) is 0 Å². The molecule has 0 bridgehead atoms. The predicted molar refractivity (Wildman–Crippen MR) is 118 cm³/mol. The number of nitrogens with two attached hydrogens (primary N) is 1. The Labute approximate surface area is 178 Å². The molecular weight excluding hydrogens is 413 g/mol. The number of ether oxygens (including phenoxy) is 1. The Morgan fingerprint density at radius 2 is 2.03 bits per heavy atom. The van der Waals surface area contributed by atoms with Crippen molar-refractivity contribution in [2.45, 2.75) is 6.61 Å².